The van der Waals surface area contributed by atoms with E-state index in [0.29, 0.717) is 11.8 Å². The fourth-order valence-corrected chi connectivity index (χ4v) is 3.11. The van der Waals surface area contributed by atoms with Gasteiger partial charge in [-0.15, -0.1) is 0 Å². The molecule has 2 N–H and O–H groups in total. The Kier molecular flexibility index (Phi) is 2.37. The first-order valence-electron chi connectivity index (χ1n) is 5.12. The minimum Gasteiger partial charge on any atom is -0.396 e. The van der Waals surface area contributed by atoms with Crippen LogP contribution in [0.15, 0.2) is 0 Å². The van der Waals surface area contributed by atoms with Gasteiger partial charge in [-0.3, -0.25) is 0 Å². The lowest BCUT2D eigenvalue weighted by Crippen LogP contribution is -2.27. The summed E-state index contributed by atoms with van der Waals surface area (Å²) < 4.78 is 0. The van der Waals surface area contributed by atoms with Gasteiger partial charge in [-0.2, -0.15) is 0 Å². The lowest BCUT2D eigenvalue weighted by atomic mass is 9.83. The second-order valence-corrected chi connectivity index (χ2v) is 4.35. The molecule has 4 unspecified atom stereocenters. The molecule has 2 saturated carbocycles. The van der Waals surface area contributed by atoms with E-state index in [4.69, 9.17) is 5.11 Å². The van der Waals surface area contributed by atoms with E-state index in [2.05, 4.69) is 0 Å². The average molecular weight is 170 g/mol. The van der Waals surface area contributed by atoms with E-state index in [-0.39, 0.29) is 12.7 Å². The maximum absolute atomic E-state index is 9.82. The van der Waals surface area contributed by atoms with Gasteiger partial charge in [0, 0.05) is 6.61 Å². The van der Waals surface area contributed by atoms with Crippen molar-refractivity contribution in [3.63, 3.8) is 0 Å². The van der Waals surface area contributed by atoms with E-state index in [1.54, 1.807) is 0 Å². The van der Waals surface area contributed by atoms with Crippen molar-refractivity contribution < 1.29 is 10.2 Å². The van der Waals surface area contributed by atoms with Crippen LogP contribution < -0.4 is 0 Å². The lowest BCUT2D eigenvalue weighted by molar-refractivity contribution is 0.0513. The summed E-state index contributed by atoms with van der Waals surface area (Å²) in [4.78, 5) is 0. The number of aliphatic hydroxyl groups excluding tert-OH is 2. The fourth-order valence-electron chi connectivity index (χ4n) is 3.11. The van der Waals surface area contributed by atoms with Crippen LogP contribution in [0.5, 0.6) is 0 Å². The summed E-state index contributed by atoms with van der Waals surface area (Å²) in [5, 5.41) is 18.5. The van der Waals surface area contributed by atoms with E-state index in [9.17, 15) is 5.11 Å². The van der Waals surface area contributed by atoms with Gasteiger partial charge in [0.25, 0.3) is 0 Å². The number of aliphatic hydroxyl groups is 2. The summed E-state index contributed by atoms with van der Waals surface area (Å²) in [5.74, 6) is 1.88. The molecule has 0 amide bonds. The first-order chi connectivity index (χ1) is 5.83. The predicted octanol–water partition coefficient (Wildman–Crippen LogP) is 1.17. The molecule has 2 rings (SSSR count). The van der Waals surface area contributed by atoms with Crippen molar-refractivity contribution in [2.75, 3.05) is 6.61 Å². The Hall–Kier alpha value is -0.0800. The quantitative estimate of drug-likeness (QED) is 0.667. The highest BCUT2D eigenvalue weighted by Gasteiger charge is 2.45. The number of rotatable bonds is 3. The topological polar surface area (TPSA) is 40.5 Å². The van der Waals surface area contributed by atoms with Crippen LogP contribution in [0.25, 0.3) is 0 Å². The first kappa shape index (κ1) is 8.52. The molecule has 2 aliphatic rings. The minimum atomic E-state index is -0.0460. The van der Waals surface area contributed by atoms with Gasteiger partial charge in [-0.05, 0) is 49.9 Å². The van der Waals surface area contributed by atoms with Crippen LogP contribution in [-0.2, 0) is 0 Å². The summed E-state index contributed by atoms with van der Waals surface area (Å²) in [6.45, 7) is 0.278. The van der Waals surface area contributed by atoms with E-state index in [1.165, 1.54) is 19.3 Å². The standard InChI is InChI=1S/C10H18O2/c11-5-1-2-9-7-3-4-8(6-7)10(9)12/h7-12H,1-6H2. The Morgan fingerprint density at radius 3 is 2.50 bits per heavy atom. The zero-order valence-corrected chi connectivity index (χ0v) is 7.45. The van der Waals surface area contributed by atoms with Crippen LogP contribution in [-0.4, -0.2) is 22.9 Å². The van der Waals surface area contributed by atoms with Crippen molar-refractivity contribution in [1.82, 2.24) is 0 Å². The molecule has 0 saturated heterocycles. The van der Waals surface area contributed by atoms with Crippen molar-refractivity contribution in [2.45, 2.75) is 38.2 Å². The Balaban J connectivity index is 1.89. The van der Waals surface area contributed by atoms with Crippen molar-refractivity contribution in [3.8, 4) is 0 Å². The van der Waals surface area contributed by atoms with Gasteiger partial charge in [0.15, 0.2) is 0 Å². The molecule has 2 heteroatoms. The molecular weight excluding hydrogens is 152 g/mol. The van der Waals surface area contributed by atoms with E-state index in [0.717, 1.165) is 18.8 Å². The summed E-state index contributed by atoms with van der Waals surface area (Å²) >= 11 is 0. The van der Waals surface area contributed by atoms with Gasteiger partial charge in [-0.1, -0.05) is 0 Å². The lowest BCUT2D eigenvalue weighted by Gasteiger charge is -2.26. The highest BCUT2D eigenvalue weighted by molar-refractivity contribution is 4.96. The molecule has 2 bridgehead atoms. The van der Waals surface area contributed by atoms with Crippen LogP contribution >= 0.6 is 0 Å². The molecule has 2 nitrogen and oxygen atoms in total. The van der Waals surface area contributed by atoms with E-state index in [1.807, 2.05) is 0 Å². The maximum atomic E-state index is 9.82. The fraction of sp³-hybridized carbons (Fsp3) is 1.00. The van der Waals surface area contributed by atoms with Crippen molar-refractivity contribution >= 4 is 0 Å². The first-order valence-corrected chi connectivity index (χ1v) is 5.12. The molecule has 0 heterocycles. The minimum absolute atomic E-state index is 0.0460. The van der Waals surface area contributed by atoms with Gasteiger partial charge < -0.3 is 10.2 Å². The number of hydrogen-bond donors (Lipinski definition) is 2. The highest BCUT2D eigenvalue weighted by atomic mass is 16.3. The van der Waals surface area contributed by atoms with Crippen molar-refractivity contribution in [2.24, 2.45) is 17.8 Å². The maximum Gasteiger partial charge on any atom is 0.0599 e. The Morgan fingerprint density at radius 1 is 1.17 bits per heavy atom. The molecule has 0 aliphatic heterocycles. The van der Waals surface area contributed by atoms with Crippen LogP contribution in [0, 0.1) is 17.8 Å². The molecule has 0 radical (unpaired) electrons. The normalized spacial score (nSPS) is 45.5. The largest absolute Gasteiger partial charge is 0.396 e. The second kappa shape index (κ2) is 3.35. The molecular formula is C10H18O2. The second-order valence-electron chi connectivity index (χ2n) is 4.35. The van der Waals surface area contributed by atoms with Crippen LogP contribution in [0.2, 0.25) is 0 Å². The third-order valence-electron chi connectivity index (χ3n) is 3.74. The monoisotopic (exact) mass is 170 g/mol. The van der Waals surface area contributed by atoms with Crippen LogP contribution in [0.3, 0.4) is 0 Å². The highest BCUT2D eigenvalue weighted by Crippen LogP contribution is 2.49. The molecule has 12 heavy (non-hydrogen) atoms. The SMILES string of the molecule is OCCCC1C2CCC(C2)C1O. The van der Waals surface area contributed by atoms with Crippen LogP contribution in [0.1, 0.15) is 32.1 Å². The molecule has 0 aromatic carbocycles. The van der Waals surface area contributed by atoms with Gasteiger partial charge in [0.2, 0.25) is 0 Å². The van der Waals surface area contributed by atoms with Gasteiger partial charge in [0.1, 0.15) is 0 Å². The summed E-state index contributed by atoms with van der Waals surface area (Å²) in [6.07, 6.45) is 5.65. The summed E-state index contributed by atoms with van der Waals surface area (Å²) in [6, 6.07) is 0. The third-order valence-corrected chi connectivity index (χ3v) is 3.74. The van der Waals surface area contributed by atoms with Crippen molar-refractivity contribution in [3.05, 3.63) is 0 Å². The van der Waals surface area contributed by atoms with Gasteiger partial charge in [0.05, 0.1) is 6.10 Å². The molecule has 0 aromatic heterocycles. The smallest absolute Gasteiger partial charge is 0.0599 e. The Labute approximate surface area is 73.6 Å². The van der Waals surface area contributed by atoms with Gasteiger partial charge in [-0.25, -0.2) is 0 Å². The van der Waals surface area contributed by atoms with E-state index >= 15 is 0 Å². The summed E-state index contributed by atoms with van der Waals surface area (Å²) in [7, 11) is 0. The number of fused-ring (bicyclic) bond motifs is 2. The molecule has 2 aliphatic carbocycles. The Morgan fingerprint density at radius 2 is 1.92 bits per heavy atom. The third kappa shape index (κ3) is 1.27. The van der Waals surface area contributed by atoms with Gasteiger partial charge >= 0.3 is 0 Å². The van der Waals surface area contributed by atoms with Crippen molar-refractivity contribution in [1.29, 1.82) is 0 Å². The molecule has 70 valence electrons. The number of hydrogen-bond acceptors (Lipinski definition) is 2. The molecule has 4 atom stereocenters. The predicted molar refractivity (Wildman–Crippen MR) is 46.6 cm³/mol. The average Bonchev–Trinajstić information content (AvgIpc) is 2.62. The Bertz CT molecular complexity index is 156. The zero-order valence-electron chi connectivity index (χ0n) is 7.45. The molecule has 0 spiro atoms. The molecule has 0 aromatic rings. The van der Waals surface area contributed by atoms with Crippen LogP contribution in [0.4, 0.5) is 0 Å². The molecule has 2 fully saturated rings. The van der Waals surface area contributed by atoms with E-state index < -0.39 is 0 Å². The summed E-state index contributed by atoms with van der Waals surface area (Å²) in [5.41, 5.74) is 0. The zero-order chi connectivity index (χ0) is 8.55.